The Balaban J connectivity index is 2.03. The highest BCUT2D eigenvalue weighted by molar-refractivity contribution is 6.38. The molecule has 0 aromatic heterocycles. The molecule has 0 saturated carbocycles. The first-order chi connectivity index (χ1) is 8.66. The van der Waals surface area contributed by atoms with Crippen LogP contribution in [0.15, 0.2) is 30.3 Å². The Kier molecular flexibility index (Phi) is 3.77. The minimum atomic E-state index is -1.43. The van der Waals surface area contributed by atoms with E-state index in [9.17, 15) is 9.59 Å². The van der Waals surface area contributed by atoms with Crippen LogP contribution in [0.3, 0.4) is 0 Å². The molecule has 1 heterocycles. The van der Waals surface area contributed by atoms with E-state index in [-0.39, 0.29) is 0 Å². The average molecular weight is 245 g/mol. The summed E-state index contributed by atoms with van der Waals surface area (Å²) in [6, 6.07) is 7.77. The van der Waals surface area contributed by atoms with Gasteiger partial charge in [0.05, 0.1) is 0 Å². The maximum absolute atomic E-state index is 10.9. The van der Waals surface area contributed by atoms with Gasteiger partial charge in [-0.25, -0.2) is 4.79 Å². The molecular weight excluding hydrogens is 230 g/mol. The number of hydrogen-bond donors (Lipinski definition) is 1. The van der Waals surface area contributed by atoms with E-state index in [0.29, 0.717) is 0 Å². The molecule has 1 aliphatic heterocycles. The van der Waals surface area contributed by atoms with Crippen molar-refractivity contribution in [2.24, 2.45) is 0 Å². The molecule has 0 atom stereocenters. The molecule has 0 spiro atoms. The van der Waals surface area contributed by atoms with E-state index in [1.54, 1.807) is 0 Å². The third-order valence-corrected chi connectivity index (χ3v) is 3.00. The smallest absolute Gasteiger partial charge is 0.376 e. The summed E-state index contributed by atoms with van der Waals surface area (Å²) in [5, 5.41) is 8.44. The van der Waals surface area contributed by atoms with Gasteiger partial charge in [0, 0.05) is 18.8 Å². The molecular formula is C14H15NO3. The van der Waals surface area contributed by atoms with Gasteiger partial charge >= 0.3 is 5.97 Å². The maximum Gasteiger partial charge on any atom is 0.376 e. The molecule has 0 unspecified atom stereocenters. The van der Waals surface area contributed by atoms with E-state index >= 15 is 0 Å². The second-order valence-electron chi connectivity index (χ2n) is 4.29. The Morgan fingerprint density at radius 3 is 2.28 bits per heavy atom. The van der Waals surface area contributed by atoms with Crippen molar-refractivity contribution >= 4 is 23.5 Å². The van der Waals surface area contributed by atoms with Gasteiger partial charge in [-0.3, -0.25) is 4.79 Å². The van der Waals surface area contributed by atoms with Gasteiger partial charge in [-0.05, 0) is 36.6 Å². The van der Waals surface area contributed by atoms with Gasteiger partial charge in [-0.1, -0.05) is 18.2 Å². The first-order valence-electron chi connectivity index (χ1n) is 5.97. The van der Waals surface area contributed by atoms with Gasteiger partial charge in [0.25, 0.3) is 5.78 Å². The molecule has 4 nitrogen and oxygen atoms in total. The van der Waals surface area contributed by atoms with Crippen molar-refractivity contribution in [3.05, 3.63) is 35.9 Å². The van der Waals surface area contributed by atoms with E-state index in [4.69, 9.17) is 5.11 Å². The van der Waals surface area contributed by atoms with Crippen molar-refractivity contribution in [3.8, 4) is 0 Å². The number of carbonyl (C=O) groups excluding carboxylic acids is 1. The van der Waals surface area contributed by atoms with Crippen LogP contribution in [0.5, 0.6) is 0 Å². The summed E-state index contributed by atoms with van der Waals surface area (Å²) in [6.07, 6.45) is 5.06. The van der Waals surface area contributed by atoms with Gasteiger partial charge in [0.1, 0.15) is 0 Å². The molecule has 1 aliphatic rings. The van der Waals surface area contributed by atoms with Crippen LogP contribution in [0.25, 0.3) is 6.08 Å². The molecule has 1 fully saturated rings. The molecule has 2 rings (SSSR count). The first kappa shape index (κ1) is 12.4. The van der Waals surface area contributed by atoms with Crippen LogP contribution >= 0.6 is 0 Å². The zero-order chi connectivity index (χ0) is 13.0. The van der Waals surface area contributed by atoms with Gasteiger partial charge in [0.15, 0.2) is 0 Å². The van der Waals surface area contributed by atoms with Gasteiger partial charge in [0.2, 0.25) is 0 Å². The molecule has 1 aromatic rings. The van der Waals surface area contributed by atoms with Crippen LogP contribution < -0.4 is 4.90 Å². The van der Waals surface area contributed by atoms with Crippen LogP contribution in [0.1, 0.15) is 18.4 Å². The SMILES string of the molecule is O=C(O)C(=O)C=Cc1ccc(N2CCCC2)cc1. The number of hydrogen-bond acceptors (Lipinski definition) is 3. The van der Waals surface area contributed by atoms with Crippen molar-refractivity contribution in [1.82, 2.24) is 0 Å². The van der Waals surface area contributed by atoms with Crippen molar-refractivity contribution in [2.75, 3.05) is 18.0 Å². The second kappa shape index (κ2) is 5.49. The Morgan fingerprint density at radius 1 is 1.11 bits per heavy atom. The molecule has 0 amide bonds. The minimum Gasteiger partial charge on any atom is -0.475 e. The molecule has 1 aromatic carbocycles. The zero-order valence-electron chi connectivity index (χ0n) is 10.0. The summed E-state index contributed by atoms with van der Waals surface area (Å²) in [7, 11) is 0. The number of carbonyl (C=O) groups is 2. The first-order valence-corrected chi connectivity index (χ1v) is 5.97. The molecule has 0 aliphatic carbocycles. The number of nitrogens with zero attached hydrogens (tertiary/aromatic N) is 1. The minimum absolute atomic E-state index is 0.826. The Labute approximate surface area is 106 Å². The summed E-state index contributed by atoms with van der Waals surface area (Å²) in [6.45, 7) is 2.18. The lowest BCUT2D eigenvalue weighted by molar-refractivity contribution is -0.146. The number of rotatable bonds is 4. The fourth-order valence-corrected chi connectivity index (χ4v) is 2.01. The zero-order valence-corrected chi connectivity index (χ0v) is 10.0. The Bertz CT molecular complexity index is 470. The Hall–Kier alpha value is -2.10. The third kappa shape index (κ3) is 2.97. The van der Waals surface area contributed by atoms with Crippen LogP contribution in [0, 0.1) is 0 Å². The molecule has 0 radical (unpaired) electrons. The van der Waals surface area contributed by atoms with E-state index in [2.05, 4.69) is 4.90 Å². The molecule has 0 bridgehead atoms. The van der Waals surface area contributed by atoms with Crippen molar-refractivity contribution in [3.63, 3.8) is 0 Å². The molecule has 1 N–H and O–H groups in total. The van der Waals surface area contributed by atoms with Crippen LogP contribution in [0.4, 0.5) is 5.69 Å². The average Bonchev–Trinajstić information content (AvgIpc) is 2.90. The summed E-state index contributed by atoms with van der Waals surface area (Å²) in [4.78, 5) is 23.6. The number of ketones is 1. The summed E-state index contributed by atoms with van der Waals surface area (Å²) in [5.41, 5.74) is 2.00. The van der Waals surface area contributed by atoms with Gasteiger partial charge in [-0.2, -0.15) is 0 Å². The molecule has 18 heavy (non-hydrogen) atoms. The highest BCUT2D eigenvalue weighted by Crippen LogP contribution is 2.20. The predicted octanol–water partition coefficient (Wildman–Crippen LogP) is 1.95. The number of aliphatic carboxylic acids is 1. The fourth-order valence-electron chi connectivity index (χ4n) is 2.01. The van der Waals surface area contributed by atoms with Crippen LogP contribution in [0.2, 0.25) is 0 Å². The maximum atomic E-state index is 10.9. The van der Waals surface area contributed by atoms with E-state index < -0.39 is 11.8 Å². The molecule has 94 valence electrons. The summed E-state index contributed by atoms with van der Waals surface area (Å²) >= 11 is 0. The lowest BCUT2D eigenvalue weighted by Gasteiger charge is -2.17. The largest absolute Gasteiger partial charge is 0.475 e. The van der Waals surface area contributed by atoms with Crippen LogP contribution in [-0.4, -0.2) is 29.9 Å². The van der Waals surface area contributed by atoms with Crippen molar-refractivity contribution in [1.29, 1.82) is 0 Å². The number of carboxylic acid groups (broad SMARTS) is 1. The number of benzene rings is 1. The standard InChI is InChI=1S/C14H15NO3/c16-13(14(17)18)8-5-11-3-6-12(7-4-11)15-9-1-2-10-15/h3-8H,1-2,9-10H2,(H,17,18). The molecule has 4 heteroatoms. The normalized spacial score (nSPS) is 15.2. The quantitative estimate of drug-likeness (QED) is 0.650. The summed E-state index contributed by atoms with van der Waals surface area (Å²) in [5.74, 6) is -2.33. The second-order valence-corrected chi connectivity index (χ2v) is 4.29. The fraction of sp³-hybridized carbons (Fsp3) is 0.286. The van der Waals surface area contributed by atoms with Gasteiger partial charge < -0.3 is 10.0 Å². The van der Waals surface area contributed by atoms with Crippen molar-refractivity contribution in [2.45, 2.75) is 12.8 Å². The number of anilines is 1. The van der Waals surface area contributed by atoms with E-state index in [1.807, 2.05) is 24.3 Å². The predicted molar refractivity (Wildman–Crippen MR) is 69.6 cm³/mol. The highest BCUT2D eigenvalue weighted by atomic mass is 16.4. The lowest BCUT2D eigenvalue weighted by Crippen LogP contribution is -2.17. The third-order valence-electron chi connectivity index (χ3n) is 3.00. The number of carboxylic acids is 1. The van der Waals surface area contributed by atoms with Crippen molar-refractivity contribution < 1.29 is 14.7 Å². The van der Waals surface area contributed by atoms with E-state index in [0.717, 1.165) is 24.7 Å². The lowest BCUT2D eigenvalue weighted by atomic mass is 10.1. The van der Waals surface area contributed by atoms with Gasteiger partial charge in [-0.15, -0.1) is 0 Å². The Morgan fingerprint density at radius 2 is 1.72 bits per heavy atom. The van der Waals surface area contributed by atoms with Crippen LogP contribution in [-0.2, 0) is 9.59 Å². The highest BCUT2D eigenvalue weighted by Gasteiger charge is 2.11. The summed E-state index contributed by atoms with van der Waals surface area (Å²) < 4.78 is 0. The topological polar surface area (TPSA) is 57.6 Å². The monoisotopic (exact) mass is 245 g/mol. The molecule has 1 saturated heterocycles. The van der Waals surface area contributed by atoms with E-state index in [1.165, 1.54) is 24.6 Å².